The molecule has 0 N–H and O–H groups in total. The van der Waals surface area contributed by atoms with Crippen LogP contribution in [0.25, 0.3) is 66.0 Å². The number of carbonyl (C=O) groups is 2. The number of hydrogen-bond acceptors (Lipinski definition) is 5. The number of anilines is 1. The molecule has 0 fully saturated rings. The SMILES string of the molecule is [C-]#[N+]c1cccc(-c2ccc3c4ccc(-c5cccc(C#N)n5)cc4n(-c4cccc5c4C(=O)N(c4ccc(-c6ccccc6)cc4)C5=O)c3c2)n1. The zero-order chi connectivity index (χ0) is 35.3. The Balaban J connectivity index is 1.25. The molecule has 0 saturated heterocycles. The van der Waals surface area contributed by atoms with Crippen molar-refractivity contribution in [3.05, 3.63) is 174 Å². The molecule has 5 aromatic carbocycles. The van der Waals surface area contributed by atoms with Crippen LogP contribution in [0.15, 0.2) is 146 Å². The summed E-state index contributed by atoms with van der Waals surface area (Å²) in [5, 5.41) is 11.4. The van der Waals surface area contributed by atoms with E-state index < -0.39 is 11.8 Å². The molecule has 3 aromatic heterocycles. The summed E-state index contributed by atoms with van der Waals surface area (Å²) in [5.74, 6) is -0.522. The molecule has 4 heterocycles. The van der Waals surface area contributed by atoms with E-state index in [2.05, 4.69) is 20.9 Å². The molecule has 52 heavy (non-hydrogen) atoms. The van der Waals surface area contributed by atoms with E-state index in [4.69, 9.17) is 6.57 Å². The first-order chi connectivity index (χ1) is 25.5. The Morgan fingerprint density at radius 2 is 1.21 bits per heavy atom. The minimum Gasteiger partial charge on any atom is -0.361 e. The molecule has 1 aliphatic heterocycles. The van der Waals surface area contributed by atoms with Gasteiger partial charge in [-0.1, -0.05) is 85.4 Å². The van der Waals surface area contributed by atoms with Gasteiger partial charge in [-0.2, -0.15) is 5.26 Å². The molecule has 0 saturated carbocycles. The standard InChI is InChI=1S/C44H24N6O2/c1-46-41-15-7-13-37(48-41)30-19-23-34-33-22-18-29(36-12-5-10-31(26-45)47-36)24-39(33)50(40(34)25-30)38-14-6-11-35-42(38)44(52)49(43(35)51)32-20-16-28(17-21-32)27-8-3-2-4-9-27/h2-25H. The minimum atomic E-state index is -0.416. The van der Waals surface area contributed by atoms with Crippen LogP contribution in [-0.2, 0) is 0 Å². The van der Waals surface area contributed by atoms with Crippen molar-refractivity contribution in [2.24, 2.45) is 0 Å². The zero-order valence-electron chi connectivity index (χ0n) is 27.4. The van der Waals surface area contributed by atoms with E-state index in [1.165, 1.54) is 4.90 Å². The maximum atomic E-state index is 14.5. The van der Waals surface area contributed by atoms with Gasteiger partial charge in [-0.25, -0.2) is 9.88 Å². The zero-order valence-corrected chi connectivity index (χ0v) is 27.4. The highest BCUT2D eigenvalue weighted by Gasteiger charge is 2.39. The summed E-state index contributed by atoms with van der Waals surface area (Å²) in [6.07, 6.45) is 0. The van der Waals surface area contributed by atoms with Gasteiger partial charge < -0.3 is 9.41 Å². The highest BCUT2D eigenvalue weighted by atomic mass is 16.2. The molecule has 0 radical (unpaired) electrons. The number of amides is 2. The lowest BCUT2D eigenvalue weighted by Crippen LogP contribution is -2.29. The molecule has 2 amide bonds. The Morgan fingerprint density at radius 3 is 1.88 bits per heavy atom. The fraction of sp³-hybridized carbons (Fsp3) is 0. The number of aromatic nitrogens is 3. The maximum absolute atomic E-state index is 14.5. The molecule has 8 nitrogen and oxygen atoms in total. The Bertz CT molecular complexity index is 2750. The smallest absolute Gasteiger partial charge is 0.270 e. The number of rotatable bonds is 5. The molecular weight excluding hydrogens is 645 g/mol. The molecule has 0 aliphatic carbocycles. The van der Waals surface area contributed by atoms with Crippen molar-refractivity contribution in [2.45, 2.75) is 0 Å². The first-order valence-electron chi connectivity index (χ1n) is 16.5. The lowest BCUT2D eigenvalue weighted by Gasteiger charge is -2.15. The topological polar surface area (TPSA) is 96.2 Å². The van der Waals surface area contributed by atoms with Gasteiger partial charge in [-0.15, -0.1) is 4.98 Å². The molecule has 9 rings (SSSR count). The predicted molar refractivity (Wildman–Crippen MR) is 201 cm³/mol. The van der Waals surface area contributed by atoms with Gasteiger partial charge >= 0.3 is 0 Å². The number of imide groups is 1. The first-order valence-corrected chi connectivity index (χ1v) is 16.5. The summed E-state index contributed by atoms with van der Waals surface area (Å²) >= 11 is 0. The quantitative estimate of drug-likeness (QED) is 0.134. The van der Waals surface area contributed by atoms with Gasteiger partial charge in [0.15, 0.2) is 5.69 Å². The van der Waals surface area contributed by atoms with Crippen molar-refractivity contribution in [2.75, 3.05) is 4.90 Å². The Morgan fingerprint density at radius 1 is 0.596 bits per heavy atom. The van der Waals surface area contributed by atoms with E-state index in [9.17, 15) is 14.9 Å². The molecule has 8 heteroatoms. The van der Waals surface area contributed by atoms with Crippen LogP contribution < -0.4 is 4.90 Å². The Kier molecular flexibility index (Phi) is 7.03. The van der Waals surface area contributed by atoms with Crippen molar-refractivity contribution >= 4 is 45.1 Å². The number of fused-ring (bicyclic) bond motifs is 4. The van der Waals surface area contributed by atoms with Crippen LogP contribution >= 0.6 is 0 Å². The lowest BCUT2D eigenvalue weighted by atomic mass is 10.1. The summed E-state index contributed by atoms with van der Waals surface area (Å²) in [6, 6.07) is 47.4. The fourth-order valence-electron chi connectivity index (χ4n) is 7.02. The lowest BCUT2D eigenvalue weighted by molar-refractivity contribution is 0.0926. The number of pyridine rings is 2. The van der Waals surface area contributed by atoms with E-state index in [1.54, 1.807) is 48.5 Å². The fourth-order valence-corrected chi connectivity index (χ4v) is 7.02. The highest BCUT2D eigenvalue weighted by molar-refractivity contribution is 6.35. The Labute approximate surface area is 297 Å². The van der Waals surface area contributed by atoms with E-state index in [1.807, 2.05) is 102 Å². The average molecular weight is 669 g/mol. The van der Waals surface area contributed by atoms with Crippen molar-refractivity contribution < 1.29 is 9.59 Å². The number of nitrogens with zero attached hydrogens (tertiary/aromatic N) is 6. The van der Waals surface area contributed by atoms with Crippen LogP contribution in [0.4, 0.5) is 11.5 Å². The molecule has 1 aliphatic rings. The minimum absolute atomic E-state index is 0.289. The first kappa shape index (κ1) is 30.4. The van der Waals surface area contributed by atoms with Gasteiger partial charge in [-0.3, -0.25) is 9.59 Å². The summed E-state index contributed by atoms with van der Waals surface area (Å²) in [4.78, 5) is 42.3. The average Bonchev–Trinajstić information content (AvgIpc) is 3.67. The van der Waals surface area contributed by atoms with Gasteiger partial charge in [-0.05, 0) is 77.9 Å². The van der Waals surface area contributed by atoms with Gasteiger partial charge in [0.05, 0.1) is 39.2 Å². The summed E-state index contributed by atoms with van der Waals surface area (Å²) < 4.78 is 2.01. The number of carbonyl (C=O) groups excluding carboxylic acids is 2. The third kappa shape index (κ3) is 4.83. The van der Waals surface area contributed by atoms with Gasteiger partial charge in [0, 0.05) is 21.9 Å². The second kappa shape index (κ2) is 12.0. The molecule has 0 unspecified atom stereocenters. The largest absolute Gasteiger partial charge is 0.361 e. The highest BCUT2D eigenvalue weighted by Crippen LogP contribution is 2.40. The van der Waals surface area contributed by atoms with Crippen LogP contribution in [0, 0.1) is 17.9 Å². The van der Waals surface area contributed by atoms with Crippen LogP contribution in [0.3, 0.4) is 0 Å². The van der Waals surface area contributed by atoms with Crippen molar-refractivity contribution in [1.29, 1.82) is 5.26 Å². The van der Waals surface area contributed by atoms with Crippen LogP contribution in [0.1, 0.15) is 26.4 Å². The monoisotopic (exact) mass is 668 g/mol. The molecule has 0 atom stereocenters. The number of nitriles is 1. The predicted octanol–water partition coefficient (Wildman–Crippen LogP) is 9.80. The van der Waals surface area contributed by atoms with E-state index >= 15 is 0 Å². The van der Waals surface area contributed by atoms with Crippen LogP contribution in [-0.4, -0.2) is 26.3 Å². The maximum Gasteiger partial charge on any atom is 0.270 e. The molecule has 0 spiro atoms. The molecule has 242 valence electrons. The van der Waals surface area contributed by atoms with Crippen molar-refractivity contribution in [3.63, 3.8) is 0 Å². The van der Waals surface area contributed by atoms with Crippen molar-refractivity contribution in [1.82, 2.24) is 14.5 Å². The van der Waals surface area contributed by atoms with Crippen LogP contribution in [0.2, 0.25) is 0 Å². The third-order valence-corrected chi connectivity index (χ3v) is 9.44. The van der Waals surface area contributed by atoms with E-state index in [0.29, 0.717) is 39.6 Å². The van der Waals surface area contributed by atoms with E-state index in [-0.39, 0.29) is 5.82 Å². The third-order valence-electron chi connectivity index (χ3n) is 9.44. The molecule has 8 aromatic rings. The van der Waals surface area contributed by atoms with Gasteiger partial charge in [0.2, 0.25) is 0 Å². The number of hydrogen-bond donors (Lipinski definition) is 0. The summed E-state index contributed by atoms with van der Waals surface area (Å²) in [7, 11) is 0. The second-order valence-corrected chi connectivity index (χ2v) is 12.4. The Hall–Kier alpha value is -7.68. The van der Waals surface area contributed by atoms with Crippen molar-refractivity contribution in [3.8, 4) is 45.4 Å². The molecular formula is C44H24N6O2. The van der Waals surface area contributed by atoms with Gasteiger partial charge in [0.1, 0.15) is 11.8 Å². The molecule has 0 bridgehead atoms. The normalized spacial score (nSPS) is 12.2. The second-order valence-electron chi connectivity index (χ2n) is 12.4. The van der Waals surface area contributed by atoms with Gasteiger partial charge in [0.25, 0.3) is 17.6 Å². The van der Waals surface area contributed by atoms with Crippen LogP contribution in [0.5, 0.6) is 0 Å². The number of benzene rings is 5. The summed E-state index contributed by atoms with van der Waals surface area (Å²) in [5.41, 5.74) is 8.39. The summed E-state index contributed by atoms with van der Waals surface area (Å²) in [6.45, 7) is 7.48. The van der Waals surface area contributed by atoms with E-state index in [0.717, 1.165) is 44.1 Å².